The second-order valence-corrected chi connectivity index (χ2v) is 6.57. The lowest BCUT2D eigenvalue weighted by Crippen LogP contribution is -2.37. The Morgan fingerprint density at radius 1 is 1.29 bits per heavy atom. The Morgan fingerprint density at radius 2 is 2.00 bits per heavy atom. The Balaban J connectivity index is 1.92. The van der Waals surface area contributed by atoms with Crippen LogP contribution in [0.5, 0.6) is 0 Å². The van der Waals surface area contributed by atoms with E-state index in [2.05, 4.69) is 55.4 Å². The molecule has 0 saturated heterocycles. The summed E-state index contributed by atoms with van der Waals surface area (Å²) >= 11 is 0. The number of rotatable bonds is 2. The quantitative estimate of drug-likeness (QED) is 0.826. The zero-order chi connectivity index (χ0) is 15.2. The maximum atomic E-state index is 8.37. The molecule has 1 aromatic rings. The minimum atomic E-state index is 0.436. The number of quaternary nitrogens is 1. The second kappa shape index (κ2) is 4.85. The van der Waals surface area contributed by atoms with E-state index in [1.165, 1.54) is 16.8 Å². The number of benzene rings is 1. The molecule has 0 fully saturated rings. The van der Waals surface area contributed by atoms with E-state index in [0.29, 0.717) is 16.4 Å². The van der Waals surface area contributed by atoms with Gasteiger partial charge in [-0.15, -0.1) is 0 Å². The molecular weight excluding hydrogens is 258 g/mol. The van der Waals surface area contributed by atoms with Crippen LogP contribution in [0, 0.1) is 5.41 Å². The number of nitrogens with one attached hydrogen (secondary N) is 1. The third-order valence-electron chi connectivity index (χ3n) is 4.93. The fraction of sp³-hybridized carbons (Fsp3) is 0.389. The van der Waals surface area contributed by atoms with E-state index in [1.807, 2.05) is 14.1 Å². The number of fused-ring (bicyclic) bond motifs is 1. The van der Waals surface area contributed by atoms with Gasteiger partial charge in [-0.25, -0.2) is 5.41 Å². The molecular formula is C18H24N3+. The van der Waals surface area contributed by atoms with E-state index in [0.717, 1.165) is 18.4 Å². The molecule has 21 heavy (non-hydrogen) atoms. The van der Waals surface area contributed by atoms with Crippen molar-refractivity contribution in [2.45, 2.75) is 25.8 Å². The molecule has 3 rings (SSSR count). The lowest BCUT2D eigenvalue weighted by Gasteiger charge is -2.29. The molecule has 3 heteroatoms. The normalized spacial score (nSPS) is 25.1. The van der Waals surface area contributed by atoms with Gasteiger partial charge in [0.1, 0.15) is 6.20 Å². The smallest absolute Gasteiger partial charge is 0.233 e. The average Bonchev–Trinajstić information content (AvgIpc) is 3.00. The lowest BCUT2D eigenvalue weighted by molar-refractivity contribution is -0.739. The molecule has 0 aromatic heterocycles. The van der Waals surface area contributed by atoms with Gasteiger partial charge in [-0.2, -0.15) is 0 Å². The topological polar surface area (TPSA) is 27.1 Å². The molecule has 0 bridgehead atoms. The Kier molecular flexibility index (Phi) is 3.25. The molecule has 1 atom stereocenters. The van der Waals surface area contributed by atoms with E-state index < -0.39 is 0 Å². The summed E-state index contributed by atoms with van der Waals surface area (Å²) in [7, 11) is 6.25. The molecule has 0 spiro atoms. The number of hydrogen-bond donors (Lipinski definition) is 1. The molecule has 110 valence electrons. The highest BCUT2D eigenvalue weighted by atomic mass is 15.3. The standard InChI is InChI=1S/C18H24N3/c1-13(15-11-12-21(3,4)18(15)19)20(2)17-10-9-14-7-5-6-8-16(14)17/h5-8,11-12,17,19H,9-10H2,1-4H3/q+1/b15-13+,19-18?/t17-/m0/s1. The SMILES string of the molecule is C/C(=C1/C=C[N+](C)(C)C1=N)N(C)[C@H]1CCc2ccccc21. The molecule has 2 aliphatic rings. The Bertz CT molecular complexity index is 652. The summed E-state index contributed by atoms with van der Waals surface area (Å²) in [6.45, 7) is 2.14. The number of nitrogens with zero attached hydrogens (tertiary/aromatic N) is 2. The predicted molar refractivity (Wildman–Crippen MR) is 86.9 cm³/mol. The number of hydrogen-bond acceptors (Lipinski definition) is 2. The van der Waals surface area contributed by atoms with E-state index in [1.54, 1.807) is 0 Å². The summed E-state index contributed by atoms with van der Waals surface area (Å²) in [5.41, 5.74) is 5.18. The molecule has 1 heterocycles. The Labute approximate surface area is 127 Å². The van der Waals surface area contributed by atoms with Crippen molar-refractivity contribution < 1.29 is 4.48 Å². The molecule has 0 radical (unpaired) electrons. The first kappa shape index (κ1) is 14.1. The molecule has 1 aliphatic carbocycles. The van der Waals surface area contributed by atoms with Crippen LogP contribution in [0.25, 0.3) is 0 Å². The number of likely N-dealkylation sites (N-methyl/N-ethyl adjacent to an activating group) is 1. The van der Waals surface area contributed by atoms with Crippen molar-refractivity contribution in [2.24, 2.45) is 0 Å². The minimum Gasteiger partial charge on any atom is -0.370 e. The van der Waals surface area contributed by atoms with E-state index in [-0.39, 0.29) is 0 Å². The highest BCUT2D eigenvalue weighted by molar-refractivity contribution is 5.96. The van der Waals surface area contributed by atoms with Crippen molar-refractivity contribution in [3.63, 3.8) is 0 Å². The second-order valence-electron chi connectivity index (χ2n) is 6.57. The maximum Gasteiger partial charge on any atom is 0.233 e. The maximum absolute atomic E-state index is 8.37. The monoisotopic (exact) mass is 282 g/mol. The van der Waals surface area contributed by atoms with Gasteiger partial charge in [-0.1, -0.05) is 24.3 Å². The molecule has 1 aromatic carbocycles. The average molecular weight is 282 g/mol. The van der Waals surface area contributed by atoms with Gasteiger partial charge in [-0.3, -0.25) is 4.48 Å². The van der Waals surface area contributed by atoms with Gasteiger partial charge in [0.05, 0.1) is 25.7 Å². The highest BCUT2D eigenvalue weighted by Gasteiger charge is 2.33. The molecule has 0 saturated carbocycles. The molecule has 0 unspecified atom stereocenters. The lowest BCUT2D eigenvalue weighted by atomic mass is 10.1. The fourth-order valence-electron chi connectivity index (χ4n) is 3.38. The van der Waals surface area contributed by atoms with Crippen molar-refractivity contribution in [1.29, 1.82) is 5.41 Å². The van der Waals surface area contributed by atoms with Crippen molar-refractivity contribution in [3.05, 3.63) is 58.9 Å². The van der Waals surface area contributed by atoms with Crippen molar-refractivity contribution in [1.82, 2.24) is 4.90 Å². The van der Waals surface area contributed by atoms with Crippen LogP contribution < -0.4 is 0 Å². The van der Waals surface area contributed by atoms with Crippen LogP contribution in [0.3, 0.4) is 0 Å². The summed E-state index contributed by atoms with van der Waals surface area (Å²) in [4.78, 5) is 2.35. The van der Waals surface area contributed by atoms with Crippen LogP contribution in [0.15, 0.2) is 47.8 Å². The molecule has 1 N–H and O–H groups in total. The molecule has 0 amide bonds. The third-order valence-corrected chi connectivity index (χ3v) is 4.93. The van der Waals surface area contributed by atoms with E-state index in [4.69, 9.17) is 5.41 Å². The van der Waals surface area contributed by atoms with Crippen LogP contribution >= 0.6 is 0 Å². The van der Waals surface area contributed by atoms with Crippen LogP contribution in [0.2, 0.25) is 0 Å². The van der Waals surface area contributed by atoms with E-state index >= 15 is 0 Å². The molecule has 3 nitrogen and oxygen atoms in total. The minimum absolute atomic E-state index is 0.436. The van der Waals surface area contributed by atoms with Gasteiger partial charge in [0, 0.05) is 18.8 Å². The van der Waals surface area contributed by atoms with Crippen molar-refractivity contribution >= 4 is 5.84 Å². The van der Waals surface area contributed by atoms with Crippen LogP contribution in [0.4, 0.5) is 0 Å². The zero-order valence-corrected chi connectivity index (χ0v) is 13.4. The highest BCUT2D eigenvalue weighted by Crippen LogP contribution is 2.37. The summed E-state index contributed by atoms with van der Waals surface area (Å²) < 4.78 is 0.530. The van der Waals surface area contributed by atoms with Gasteiger partial charge < -0.3 is 4.90 Å². The van der Waals surface area contributed by atoms with Gasteiger partial charge in [0.25, 0.3) is 0 Å². The summed E-state index contributed by atoms with van der Waals surface area (Å²) in [6, 6.07) is 9.18. The fourth-order valence-corrected chi connectivity index (χ4v) is 3.38. The first-order valence-electron chi connectivity index (χ1n) is 7.56. The number of amidine groups is 1. The van der Waals surface area contributed by atoms with Gasteiger partial charge in [0.15, 0.2) is 0 Å². The van der Waals surface area contributed by atoms with Crippen LogP contribution in [-0.4, -0.2) is 36.4 Å². The zero-order valence-electron chi connectivity index (χ0n) is 13.4. The van der Waals surface area contributed by atoms with E-state index in [9.17, 15) is 0 Å². The Hall–Kier alpha value is -1.87. The first-order valence-corrected chi connectivity index (χ1v) is 7.56. The van der Waals surface area contributed by atoms with Gasteiger partial charge >= 0.3 is 0 Å². The summed E-state index contributed by atoms with van der Waals surface area (Å²) in [5.74, 6) is 0.672. The number of allylic oxidation sites excluding steroid dienone is 1. The predicted octanol–water partition coefficient (Wildman–Crippen LogP) is 3.46. The van der Waals surface area contributed by atoms with Crippen molar-refractivity contribution in [2.75, 3.05) is 21.1 Å². The van der Waals surface area contributed by atoms with Gasteiger partial charge in [0.2, 0.25) is 5.84 Å². The first-order chi connectivity index (χ1) is 9.92. The van der Waals surface area contributed by atoms with Crippen LogP contribution in [-0.2, 0) is 6.42 Å². The van der Waals surface area contributed by atoms with Crippen molar-refractivity contribution in [3.8, 4) is 0 Å². The Morgan fingerprint density at radius 3 is 2.67 bits per heavy atom. The third kappa shape index (κ3) is 2.22. The van der Waals surface area contributed by atoms with Crippen LogP contribution in [0.1, 0.15) is 30.5 Å². The largest absolute Gasteiger partial charge is 0.370 e. The summed E-state index contributed by atoms with van der Waals surface area (Å²) in [6.07, 6.45) is 6.49. The van der Waals surface area contributed by atoms with Gasteiger partial charge in [-0.05, 0) is 30.9 Å². The molecule has 1 aliphatic heterocycles. The summed E-state index contributed by atoms with van der Waals surface area (Å²) in [5, 5.41) is 8.37. The number of aryl methyl sites for hydroxylation is 1.